The van der Waals surface area contributed by atoms with E-state index in [0.717, 1.165) is 31.6 Å². The fourth-order valence-electron chi connectivity index (χ4n) is 2.56. The number of aromatic nitrogens is 3. The van der Waals surface area contributed by atoms with Crippen molar-refractivity contribution < 1.29 is 4.52 Å². The predicted molar refractivity (Wildman–Crippen MR) is 68.4 cm³/mol. The molecule has 0 bridgehead atoms. The van der Waals surface area contributed by atoms with Crippen LogP contribution in [-0.2, 0) is 13.1 Å². The van der Waals surface area contributed by atoms with Gasteiger partial charge in [-0.05, 0) is 25.5 Å². The van der Waals surface area contributed by atoms with Gasteiger partial charge in [0.2, 0.25) is 0 Å². The standard InChI is InChI=1S/C13H16N4O2/c18-13-4-1-6-14-17(13)10-12-3-2-7-16(12)9-11-5-8-19-15-11/h1,4-6,8,12H,2-3,7,9-10H2. The highest BCUT2D eigenvalue weighted by Crippen LogP contribution is 2.20. The van der Waals surface area contributed by atoms with Gasteiger partial charge in [0, 0.05) is 30.9 Å². The fourth-order valence-corrected chi connectivity index (χ4v) is 2.56. The van der Waals surface area contributed by atoms with Gasteiger partial charge in [-0.25, -0.2) is 4.68 Å². The summed E-state index contributed by atoms with van der Waals surface area (Å²) in [5, 5.41) is 8.05. The van der Waals surface area contributed by atoms with E-state index in [4.69, 9.17) is 4.52 Å². The van der Waals surface area contributed by atoms with Gasteiger partial charge in [-0.15, -0.1) is 0 Å². The minimum absolute atomic E-state index is 0.0456. The SMILES string of the molecule is O=c1cccnn1CC1CCCN1Cc1ccon1. The lowest BCUT2D eigenvalue weighted by Crippen LogP contribution is -2.36. The molecule has 3 rings (SSSR count). The van der Waals surface area contributed by atoms with Crippen LogP contribution in [0.3, 0.4) is 0 Å². The van der Waals surface area contributed by atoms with Gasteiger partial charge in [0.25, 0.3) is 5.56 Å². The van der Waals surface area contributed by atoms with Crippen LogP contribution in [0.1, 0.15) is 18.5 Å². The molecule has 1 atom stereocenters. The summed E-state index contributed by atoms with van der Waals surface area (Å²) in [5.74, 6) is 0. The van der Waals surface area contributed by atoms with E-state index < -0.39 is 0 Å². The van der Waals surface area contributed by atoms with Crippen LogP contribution in [0.2, 0.25) is 0 Å². The smallest absolute Gasteiger partial charge is 0.266 e. The highest BCUT2D eigenvalue weighted by molar-refractivity contribution is 4.97. The summed E-state index contributed by atoms with van der Waals surface area (Å²) >= 11 is 0. The second-order valence-corrected chi connectivity index (χ2v) is 4.80. The molecule has 6 nitrogen and oxygen atoms in total. The lowest BCUT2D eigenvalue weighted by molar-refractivity contribution is 0.211. The molecule has 3 heterocycles. The van der Waals surface area contributed by atoms with E-state index >= 15 is 0 Å². The molecule has 0 aromatic carbocycles. The zero-order chi connectivity index (χ0) is 13.1. The Morgan fingerprint density at radius 3 is 3.16 bits per heavy atom. The van der Waals surface area contributed by atoms with Gasteiger partial charge >= 0.3 is 0 Å². The molecule has 0 radical (unpaired) electrons. The number of hydrogen-bond acceptors (Lipinski definition) is 5. The van der Waals surface area contributed by atoms with Crippen molar-refractivity contribution in [1.29, 1.82) is 0 Å². The Balaban J connectivity index is 1.70. The Hall–Kier alpha value is -1.95. The number of nitrogens with zero attached hydrogens (tertiary/aromatic N) is 4. The first kappa shape index (κ1) is 12.1. The minimum Gasteiger partial charge on any atom is -0.364 e. The molecular formula is C13H16N4O2. The van der Waals surface area contributed by atoms with Crippen LogP contribution < -0.4 is 5.56 Å². The van der Waals surface area contributed by atoms with Crippen LogP contribution in [0.5, 0.6) is 0 Å². The first-order valence-electron chi connectivity index (χ1n) is 6.48. The Morgan fingerprint density at radius 1 is 1.42 bits per heavy atom. The molecule has 2 aromatic heterocycles. The molecule has 19 heavy (non-hydrogen) atoms. The third-order valence-corrected chi connectivity index (χ3v) is 3.52. The molecule has 1 aliphatic heterocycles. The molecule has 0 amide bonds. The van der Waals surface area contributed by atoms with E-state index in [1.165, 1.54) is 4.68 Å². The third kappa shape index (κ3) is 2.73. The number of likely N-dealkylation sites (tertiary alicyclic amines) is 1. The predicted octanol–water partition coefficient (Wildman–Crippen LogP) is 0.896. The zero-order valence-electron chi connectivity index (χ0n) is 10.6. The molecule has 0 saturated carbocycles. The lowest BCUT2D eigenvalue weighted by Gasteiger charge is -2.23. The number of rotatable bonds is 4. The van der Waals surface area contributed by atoms with Crippen LogP contribution in [0.15, 0.2) is 40.0 Å². The van der Waals surface area contributed by atoms with E-state index in [1.807, 2.05) is 6.07 Å². The first-order chi connectivity index (χ1) is 9.33. The van der Waals surface area contributed by atoms with Crippen molar-refractivity contribution in [3.05, 3.63) is 46.7 Å². The maximum atomic E-state index is 11.7. The Morgan fingerprint density at radius 2 is 2.37 bits per heavy atom. The van der Waals surface area contributed by atoms with E-state index in [1.54, 1.807) is 24.6 Å². The van der Waals surface area contributed by atoms with E-state index in [2.05, 4.69) is 15.2 Å². The fraction of sp³-hybridized carbons (Fsp3) is 0.462. The van der Waals surface area contributed by atoms with Crippen molar-refractivity contribution in [1.82, 2.24) is 19.8 Å². The maximum absolute atomic E-state index is 11.7. The van der Waals surface area contributed by atoms with Crippen molar-refractivity contribution in [2.24, 2.45) is 0 Å². The molecule has 0 N–H and O–H groups in total. The summed E-state index contributed by atoms with van der Waals surface area (Å²) in [6, 6.07) is 5.43. The third-order valence-electron chi connectivity index (χ3n) is 3.52. The monoisotopic (exact) mass is 260 g/mol. The molecule has 0 aliphatic carbocycles. The summed E-state index contributed by atoms with van der Waals surface area (Å²) in [7, 11) is 0. The highest BCUT2D eigenvalue weighted by Gasteiger charge is 2.25. The summed E-state index contributed by atoms with van der Waals surface area (Å²) in [6.07, 6.45) is 5.47. The van der Waals surface area contributed by atoms with Crippen molar-refractivity contribution in [3.63, 3.8) is 0 Å². The van der Waals surface area contributed by atoms with Gasteiger partial charge in [-0.3, -0.25) is 9.69 Å². The Bertz CT molecular complexity index is 578. The van der Waals surface area contributed by atoms with Gasteiger partial charge in [0.15, 0.2) is 0 Å². The van der Waals surface area contributed by atoms with Crippen molar-refractivity contribution in [3.8, 4) is 0 Å². The molecule has 1 fully saturated rings. The first-order valence-corrected chi connectivity index (χ1v) is 6.48. The summed E-state index contributed by atoms with van der Waals surface area (Å²) in [4.78, 5) is 14.0. The van der Waals surface area contributed by atoms with E-state index in [0.29, 0.717) is 12.6 Å². The summed E-state index contributed by atoms with van der Waals surface area (Å²) < 4.78 is 6.39. The molecule has 6 heteroatoms. The lowest BCUT2D eigenvalue weighted by atomic mass is 10.2. The van der Waals surface area contributed by atoms with Crippen LogP contribution in [0, 0.1) is 0 Å². The van der Waals surface area contributed by atoms with Gasteiger partial charge in [0.1, 0.15) is 6.26 Å². The highest BCUT2D eigenvalue weighted by atomic mass is 16.5. The normalized spacial score (nSPS) is 19.9. The van der Waals surface area contributed by atoms with Gasteiger partial charge in [-0.1, -0.05) is 5.16 Å². The average molecular weight is 260 g/mol. The van der Waals surface area contributed by atoms with Crippen molar-refractivity contribution in [2.75, 3.05) is 6.54 Å². The quantitative estimate of drug-likeness (QED) is 0.817. The average Bonchev–Trinajstić information content (AvgIpc) is 3.06. The van der Waals surface area contributed by atoms with Crippen LogP contribution in [0.4, 0.5) is 0 Å². The second-order valence-electron chi connectivity index (χ2n) is 4.80. The molecule has 1 aliphatic rings. The molecular weight excluding hydrogens is 244 g/mol. The largest absolute Gasteiger partial charge is 0.364 e. The molecule has 100 valence electrons. The van der Waals surface area contributed by atoms with Crippen molar-refractivity contribution in [2.45, 2.75) is 32.0 Å². The van der Waals surface area contributed by atoms with E-state index in [9.17, 15) is 4.79 Å². The summed E-state index contributed by atoms with van der Waals surface area (Å²) in [5.41, 5.74) is 0.885. The molecule has 1 saturated heterocycles. The van der Waals surface area contributed by atoms with Crippen LogP contribution >= 0.6 is 0 Å². The Labute approximate surface area is 110 Å². The van der Waals surface area contributed by atoms with E-state index in [-0.39, 0.29) is 5.56 Å². The van der Waals surface area contributed by atoms with Gasteiger partial charge in [0.05, 0.1) is 12.2 Å². The van der Waals surface area contributed by atoms with Gasteiger partial charge < -0.3 is 4.52 Å². The van der Waals surface area contributed by atoms with Crippen LogP contribution in [-0.4, -0.2) is 32.4 Å². The summed E-state index contributed by atoms with van der Waals surface area (Å²) in [6.45, 7) is 2.43. The Kier molecular flexibility index (Phi) is 3.41. The zero-order valence-corrected chi connectivity index (χ0v) is 10.6. The molecule has 1 unspecified atom stereocenters. The second kappa shape index (κ2) is 5.36. The van der Waals surface area contributed by atoms with Gasteiger partial charge in [-0.2, -0.15) is 5.10 Å². The molecule has 0 spiro atoms. The maximum Gasteiger partial charge on any atom is 0.266 e. The number of hydrogen-bond donors (Lipinski definition) is 0. The van der Waals surface area contributed by atoms with Crippen molar-refractivity contribution >= 4 is 0 Å². The molecule has 2 aromatic rings. The minimum atomic E-state index is -0.0456. The topological polar surface area (TPSA) is 64.2 Å². The van der Waals surface area contributed by atoms with Crippen LogP contribution in [0.25, 0.3) is 0 Å².